The Balaban J connectivity index is 2.35. The van der Waals surface area contributed by atoms with Gasteiger partial charge in [-0.25, -0.2) is 0 Å². The number of nitrogens with zero attached hydrogens (tertiary/aromatic N) is 1. The van der Waals surface area contributed by atoms with Crippen LogP contribution < -0.4 is 4.74 Å². The van der Waals surface area contributed by atoms with Crippen molar-refractivity contribution < 1.29 is 13.2 Å². The molecule has 104 valence electrons. The van der Waals surface area contributed by atoms with E-state index in [9.17, 15) is 8.42 Å². The molecule has 0 spiro atoms. The Morgan fingerprint density at radius 1 is 1.00 bits per heavy atom. The van der Waals surface area contributed by atoms with Gasteiger partial charge in [0, 0.05) is 0 Å². The number of ether oxygens (including phenoxy) is 1. The van der Waals surface area contributed by atoms with Gasteiger partial charge in [0.25, 0.3) is 10.0 Å². The van der Waals surface area contributed by atoms with Crippen LogP contribution in [0.15, 0.2) is 63.9 Å². The van der Waals surface area contributed by atoms with E-state index < -0.39 is 10.0 Å². The maximum atomic E-state index is 12.2. The monoisotopic (exact) mass is 289 g/mol. The summed E-state index contributed by atoms with van der Waals surface area (Å²) in [6, 6.07) is 15.4. The molecule has 0 aliphatic rings. The van der Waals surface area contributed by atoms with Gasteiger partial charge in [-0.2, -0.15) is 12.8 Å². The fourth-order valence-electron chi connectivity index (χ4n) is 1.71. The Kier molecular flexibility index (Phi) is 4.20. The first kappa shape index (κ1) is 14.3. The van der Waals surface area contributed by atoms with Crippen LogP contribution in [0.1, 0.15) is 12.5 Å². The Hall–Kier alpha value is -2.14. The molecule has 20 heavy (non-hydrogen) atoms. The molecule has 0 fully saturated rings. The highest BCUT2D eigenvalue weighted by molar-refractivity contribution is 7.90. The van der Waals surface area contributed by atoms with Crippen molar-refractivity contribution in [2.45, 2.75) is 11.8 Å². The lowest BCUT2D eigenvalue weighted by atomic mass is 10.1. The quantitative estimate of drug-likeness (QED) is 0.813. The van der Waals surface area contributed by atoms with Crippen LogP contribution in [0.25, 0.3) is 0 Å². The third-order valence-electron chi connectivity index (χ3n) is 2.81. The molecule has 4 nitrogen and oxygen atoms in total. The van der Waals surface area contributed by atoms with Gasteiger partial charge in [0.2, 0.25) is 0 Å². The van der Waals surface area contributed by atoms with Crippen molar-refractivity contribution in [1.82, 2.24) is 0 Å². The predicted octanol–water partition coefficient (Wildman–Crippen LogP) is 2.89. The fourth-order valence-corrected chi connectivity index (χ4v) is 2.76. The molecule has 0 amide bonds. The average Bonchev–Trinajstić information content (AvgIpc) is 2.48. The van der Waals surface area contributed by atoms with E-state index in [1.165, 1.54) is 19.2 Å². The van der Waals surface area contributed by atoms with Gasteiger partial charge in [-0.3, -0.25) is 0 Å². The number of rotatable bonds is 4. The standard InChI is InChI=1S/C15H15NO3S/c1-12(13-6-4-3-5-7-13)16-20(17,18)15-10-8-14(19-2)9-11-15/h3-11H,1-2H3. The van der Waals surface area contributed by atoms with E-state index in [-0.39, 0.29) is 4.90 Å². The summed E-state index contributed by atoms with van der Waals surface area (Å²) >= 11 is 0. The van der Waals surface area contributed by atoms with Crippen molar-refractivity contribution in [3.8, 4) is 5.75 Å². The Morgan fingerprint density at radius 2 is 1.60 bits per heavy atom. The molecule has 0 heterocycles. The van der Waals surface area contributed by atoms with Crippen LogP contribution in [0.3, 0.4) is 0 Å². The fraction of sp³-hybridized carbons (Fsp3) is 0.133. The molecule has 0 unspecified atom stereocenters. The SMILES string of the molecule is COc1ccc(S(=O)(=O)N=C(C)c2ccccc2)cc1. The zero-order valence-corrected chi connectivity index (χ0v) is 12.1. The van der Waals surface area contributed by atoms with E-state index in [1.54, 1.807) is 19.1 Å². The van der Waals surface area contributed by atoms with Crippen molar-refractivity contribution in [1.29, 1.82) is 0 Å². The van der Waals surface area contributed by atoms with E-state index >= 15 is 0 Å². The van der Waals surface area contributed by atoms with E-state index in [0.29, 0.717) is 11.5 Å². The molecule has 0 radical (unpaired) electrons. The lowest BCUT2D eigenvalue weighted by Crippen LogP contribution is -2.03. The lowest BCUT2D eigenvalue weighted by molar-refractivity contribution is 0.414. The van der Waals surface area contributed by atoms with Crippen LogP contribution in [0, 0.1) is 0 Å². The summed E-state index contributed by atoms with van der Waals surface area (Å²) in [4.78, 5) is 0.147. The normalized spacial score (nSPS) is 12.2. The first-order valence-electron chi connectivity index (χ1n) is 6.04. The molecule has 0 aliphatic heterocycles. The first-order valence-corrected chi connectivity index (χ1v) is 7.48. The summed E-state index contributed by atoms with van der Waals surface area (Å²) < 4.78 is 33.2. The summed E-state index contributed by atoms with van der Waals surface area (Å²) in [5.41, 5.74) is 1.24. The minimum absolute atomic E-state index is 0.147. The van der Waals surface area contributed by atoms with Gasteiger partial charge in [-0.15, -0.1) is 0 Å². The van der Waals surface area contributed by atoms with E-state index in [0.717, 1.165) is 5.56 Å². The average molecular weight is 289 g/mol. The molecule has 0 atom stereocenters. The van der Waals surface area contributed by atoms with Gasteiger partial charge in [0.1, 0.15) is 5.75 Å². The maximum Gasteiger partial charge on any atom is 0.282 e. The Labute approximate surface area is 118 Å². The molecule has 0 bridgehead atoms. The van der Waals surface area contributed by atoms with Gasteiger partial charge in [0.05, 0.1) is 17.7 Å². The maximum absolute atomic E-state index is 12.2. The van der Waals surface area contributed by atoms with Crippen LogP contribution in [-0.4, -0.2) is 21.2 Å². The molecule has 0 saturated carbocycles. The van der Waals surface area contributed by atoms with Crippen molar-refractivity contribution >= 4 is 15.7 Å². The zero-order chi connectivity index (χ0) is 14.6. The van der Waals surface area contributed by atoms with Crippen LogP contribution in [-0.2, 0) is 10.0 Å². The third kappa shape index (κ3) is 3.24. The summed E-state index contributed by atoms with van der Waals surface area (Å²) in [6.45, 7) is 1.68. The largest absolute Gasteiger partial charge is 0.497 e. The second kappa shape index (κ2) is 5.88. The van der Waals surface area contributed by atoms with Crippen molar-refractivity contribution in [3.63, 3.8) is 0 Å². The molecule has 0 aromatic heterocycles. The number of hydrogen-bond acceptors (Lipinski definition) is 3. The molecular weight excluding hydrogens is 274 g/mol. The van der Waals surface area contributed by atoms with Crippen molar-refractivity contribution in [2.75, 3.05) is 7.11 Å². The van der Waals surface area contributed by atoms with Gasteiger partial charge < -0.3 is 4.74 Å². The van der Waals surface area contributed by atoms with E-state index in [4.69, 9.17) is 4.74 Å². The number of sulfonamides is 1. The molecule has 0 N–H and O–H groups in total. The minimum atomic E-state index is -3.70. The van der Waals surface area contributed by atoms with Gasteiger partial charge in [-0.05, 0) is 36.8 Å². The van der Waals surface area contributed by atoms with Crippen LogP contribution in [0.4, 0.5) is 0 Å². The molecule has 5 heteroatoms. The number of methoxy groups -OCH3 is 1. The van der Waals surface area contributed by atoms with Crippen LogP contribution in [0.5, 0.6) is 5.75 Å². The Bertz CT molecular complexity index is 705. The highest BCUT2D eigenvalue weighted by Gasteiger charge is 2.13. The molecule has 0 saturated heterocycles. The molecule has 2 rings (SSSR count). The molecular formula is C15H15NO3S. The topological polar surface area (TPSA) is 55.7 Å². The first-order chi connectivity index (χ1) is 9.53. The van der Waals surface area contributed by atoms with Crippen molar-refractivity contribution in [2.24, 2.45) is 4.40 Å². The number of hydrogen-bond donors (Lipinski definition) is 0. The third-order valence-corrected chi connectivity index (χ3v) is 4.19. The number of benzene rings is 2. The van der Waals surface area contributed by atoms with Crippen LogP contribution in [0.2, 0.25) is 0 Å². The van der Waals surface area contributed by atoms with E-state index in [1.807, 2.05) is 30.3 Å². The second-order valence-electron chi connectivity index (χ2n) is 4.19. The lowest BCUT2D eigenvalue weighted by Gasteiger charge is -2.04. The second-order valence-corrected chi connectivity index (χ2v) is 5.80. The molecule has 2 aromatic carbocycles. The van der Waals surface area contributed by atoms with Crippen molar-refractivity contribution in [3.05, 3.63) is 60.2 Å². The van der Waals surface area contributed by atoms with Gasteiger partial charge in [-0.1, -0.05) is 30.3 Å². The zero-order valence-electron chi connectivity index (χ0n) is 11.3. The highest BCUT2D eigenvalue weighted by Crippen LogP contribution is 2.18. The summed E-state index contributed by atoms with van der Waals surface area (Å²) in [7, 11) is -2.17. The Morgan fingerprint density at radius 3 is 2.15 bits per heavy atom. The predicted molar refractivity (Wildman–Crippen MR) is 78.8 cm³/mol. The summed E-state index contributed by atoms with van der Waals surface area (Å²) in [6.07, 6.45) is 0. The van der Waals surface area contributed by atoms with Crippen LogP contribution >= 0.6 is 0 Å². The molecule has 0 aliphatic carbocycles. The minimum Gasteiger partial charge on any atom is -0.497 e. The highest BCUT2D eigenvalue weighted by atomic mass is 32.2. The molecule has 2 aromatic rings. The summed E-state index contributed by atoms with van der Waals surface area (Å²) in [5.74, 6) is 0.604. The summed E-state index contributed by atoms with van der Waals surface area (Å²) in [5, 5.41) is 0. The van der Waals surface area contributed by atoms with E-state index in [2.05, 4.69) is 4.40 Å². The van der Waals surface area contributed by atoms with Gasteiger partial charge >= 0.3 is 0 Å². The van der Waals surface area contributed by atoms with Gasteiger partial charge in [0.15, 0.2) is 0 Å². The smallest absolute Gasteiger partial charge is 0.282 e.